The van der Waals surface area contributed by atoms with Crippen molar-refractivity contribution >= 4 is 11.8 Å². The van der Waals surface area contributed by atoms with Crippen LogP contribution in [-0.2, 0) is 14.3 Å². The van der Waals surface area contributed by atoms with Gasteiger partial charge in [-0.25, -0.2) is 0 Å². The molecule has 0 aliphatic carbocycles. The van der Waals surface area contributed by atoms with E-state index in [9.17, 15) is 9.59 Å². The summed E-state index contributed by atoms with van der Waals surface area (Å²) in [5.41, 5.74) is 0. The second-order valence-corrected chi connectivity index (χ2v) is 3.88. The van der Waals surface area contributed by atoms with E-state index in [0.717, 1.165) is 0 Å². The molecule has 0 aromatic carbocycles. The first-order chi connectivity index (χ1) is 8.03. The molecule has 0 N–H and O–H groups in total. The molecule has 0 spiro atoms. The Bertz CT molecular complexity index is 297. The van der Waals surface area contributed by atoms with Gasteiger partial charge in [0.05, 0.1) is 25.1 Å². The van der Waals surface area contributed by atoms with Gasteiger partial charge in [0.25, 0.3) is 0 Å². The van der Waals surface area contributed by atoms with Crippen molar-refractivity contribution in [1.82, 2.24) is 4.90 Å². The average molecular weight is 240 g/mol. The standard InChI is InChI=1S/C12H20N2O3/c1-4-14(8-10(3)7-13)9-11(15)6-12(16)17-5-2/h10H,4-6,8-9H2,1-3H3. The number of rotatable bonds is 8. The van der Waals surface area contributed by atoms with Crippen LogP contribution >= 0.6 is 0 Å². The lowest BCUT2D eigenvalue weighted by atomic mass is 10.2. The van der Waals surface area contributed by atoms with Crippen molar-refractivity contribution in [3.8, 4) is 6.07 Å². The average Bonchev–Trinajstić information content (AvgIpc) is 2.27. The summed E-state index contributed by atoms with van der Waals surface area (Å²) in [7, 11) is 0. The maximum absolute atomic E-state index is 11.5. The number of nitriles is 1. The highest BCUT2D eigenvalue weighted by atomic mass is 16.5. The number of nitrogens with zero attached hydrogens (tertiary/aromatic N) is 2. The summed E-state index contributed by atoms with van der Waals surface area (Å²) in [6.45, 7) is 7.13. The Morgan fingerprint density at radius 2 is 2.06 bits per heavy atom. The number of carbonyl (C=O) groups is 2. The monoisotopic (exact) mass is 240 g/mol. The summed E-state index contributed by atoms with van der Waals surface area (Å²) in [6.07, 6.45) is -0.189. The van der Waals surface area contributed by atoms with Gasteiger partial charge in [-0.2, -0.15) is 5.26 Å². The first-order valence-electron chi connectivity index (χ1n) is 5.82. The molecule has 5 heteroatoms. The number of carbonyl (C=O) groups excluding carboxylic acids is 2. The van der Waals surface area contributed by atoms with E-state index in [1.165, 1.54) is 0 Å². The predicted octanol–water partition coefficient (Wildman–Crippen LogP) is 0.990. The van der Waals surface area contributed by atoms with Crippen LogP contribution in [0.3, 0.4) is 0 Å². The van der Waals surface area contributed by atoms with Gasteiger partial charge in [0.15, 0.2) is 5.78 Å². The minimum Gasteiger partial charge on any atom is -0.466 e. The Hall–Kier alpha value is -1.41. The van der Waals surface area contributed by atoms with E-state index in [0.29, 0.717) is 13.1 Å². The van der Waals surface area contributed by atoms with Crippen LogP contribution in [0.1, 0.15) is 27.2 Å². The van der Waals surface area contributed by atoms with Crippen LogP contribution in [0, 0.1) is 17.2 Å². The molecule has 0 saturated heterocycles. The lowest BCUT2D eigenvalue weighted by Crippen LogP contribution is -2.34. The second-order valence-electron chi connectivity index (χ2n) is 3.88. The molecule has 5 nitrogen and oxygen atoms in total. The largest absolute Gasteiger partial charge is 0.466 e. The first-order valence-corrected chi connectivity index (χ1v) is 5.82. The molecule has 0 aliphatic rings. The van der Waals surface area contributed by atoms with Gasteiger partial charge < -0.3 is 4.74 Å². The quantitative estimate of drug-likeness (QED) is 0.467. The normalized spacial score (nSPS) is 11.9. The third kappa shape index (κ3) is 7.47. The van der Waals surface area contributed by atoms with Crippen LogP contribution < -0.4 is 0 Å². The van der Waals surface area contributed by atoms with E-state index >= 15 is 0 Å². The number of hydrogen-bond acceptors (Lipinski definition) is 5. The zero-order valence-electron chi connectivity index (χ0n) is 10.7. The van der Waals surface area contributed by atoms with Crippen molar-refractivity contribution in [2.75, 3.05) is 26.2 Å². The summed E-state index contributed by atoms with van der Waals surface area (Å²) in [6, 6.07) is 2.12. The van der Waals surface area contributed by atoms with Crippen molar-refractivity contribution < 1.29 is 14.3 Å². The summed E-state index contributed by atoms with van der Waals surface area (Å²) in [5.74, 6) is -0.775. The van der Waals surface area contributed by atoms with Gasteiger partial charge in [-0.1, -0.05) is 6.92 Å². The Morgan fingerprint density at radius 3 is 2.53 bits per heavy atom. The van der Waals surface area contributed by atoms with Crippen LogP contribution in [-0.4, -0.2) is 42.9 Å². The summed E-state index contributed by atoms with van der Waals surface area (Å²) >= 11 is 0. The molecular formula is C12H20N2O3. The van der Waals surface area contributed by atoms with Crippen LogP contribution in [0.5, 0.6) is 0 Å². The molecule has 0 heterocycles. The zero-order chi connectivity index (χ0) is 13.3. The Labute approximate surface area is 102 Å². The van der Waals surface area contributed by atoms with E-state index in [-0.39, 0.29) is 31.3 Å². The number of likely N-dealkylation sites (N-methyl/N-ethyl adjacent to an activating group) is 1. The van der Waals surface area contributed by atoms with E-state index in [2.05, 4.69) is 6.07 Å². The van der Waals surface area contributed by atoms with Crippen molar-refractivity contribution in [3.05, 3.63) is 0 Å². The van der Waals surface area contributed by atoms with Gasteiger partial charge in [0, 0.05) is 6.54 Å². The molecule has 0 rings (SSSR count). The molecule has 0 amide bonds. The van der Waals surface area contributed by atoms with Crippen LogP contribution in [0.2, 0.25) is 0 Å². The van der Waals surface area contributed by atoms with E-state index in [1.807, 2.05) is 11.8 Å². The maximum Gasteiger partial charge on any atom is 0.313 e. The summed E-state index contributed by atoms with van der Waals surface area (Å²) in [4.78, 5) is 24.5. The molecular weight excluding hydrogens is 220 g/mol. The lowest BCUT2D eigenvalue weighted by Gasteiger charge is -2.20. The maximum atomic E-state index is 11.5. The Balaban J connectivity index is 4.07. The Kier molecular flexibility index (Phi) is 7.99. The fourth-order valence-corrected chi connectivity index (χ4v) is 1.41. The number of esters is 1. The van der Waals surface area contributed by atoms with Gasteiger partial charge in [0.2, 0.25) is 0 Å². The molecule has 0 aromatic rings. The zero-order valence-corrected chi connectivity index (χ0v) is 10.7. The molecule has 0 bridgehead atoms. The molecule has 17 heavy (non-hydrogen) atoms. The molecule has 96 valence electrons. The lowest BCUT2D eigenvalue weighted by molar-refractivity contribution is -0.145. The van der Waals surface area contributed by atoms with Crippen molar-refractivity contribution in [1.29, 1.82) is 5.26 Å². The van der Waals surface area contributed by atoms with E-state index in [1.54, 1.807) is 13.8 Å². The third-order valence-electron chi connectivity index (χ3n) is 2.25. The second kappa shape index (κ2) is 8.71. The van der Waals surface area contributed by atoms with Gasteiger partial charge in [-0.15, -0.1) is 0 Å². The molecule has 0 radical (unpaired) electrons. The number of Topliss-reactive ketones (excluding diaryl/α,β-unsaturated/α-hetero) is 1. The third-order valence-corrected chi connectivity index (χ3v) is 2.25. The molecule has 0 aromatic heterocycles. The number of hydrogen-bond donors (Lipinski definition) is 0. The van der Waals surface area contributed by atoms with Crippen LogP contribution in [0.25, 0.3) is 0 Å². The minimum atomic E-state index is -0.484. The molecule has 0 saturated carbocycles. The Morgan fingerprint density at radius 1 is 1.41 bits per heavy atom. The highest BCUT2D eigenvalue weighted by Crippen LogP contribution is 2.00. The smallest absolute Gasteiger partial charge is 0.313 e. The molecule has 1 atom stereocenters. The fraction of sp³-hybridized carbons (Fsp3) is 0.750. The van der Waals surface area contributed by atoms with Crippen LogP contribution in [0.15, 0.2) is 0 Å². The molecule has 0 fully saturated rings. The van der Waals surface area contributed by atoms with Crippen molar-refractivity contribution in [3.63, 3.8) is 0 Å². The van der Waals surface area contributed by atoms with E-state index in [4.69, 9.17) is 10.00 Å². The van der Waals surface area contributed by atoms with Gasteiger partial charge >= 0.3 is 5.97 Å². The predicted molar refractivity (Wildman–Crippen MR) is 63.1 cm³/mol. The highest BCUT2D eigenvalue weighted by molar-refractivity contribution is 5.96. The van der Waals surface area contributed by atoms with Crippen LogP contribution in [0.4, 0.5) is 0 Å². The van der Waals surface area contributed by atoms with E-state index < -0.39 is 5.97 Å². The van der Waals surface area contributed by atoms with Crippen molar-refractivity contribution in [2.24, 2.45) is 5.92 Å². The summed E-state index contributed by atoms with van der Waals surface area (Å²) < 4.78 is 4.70. The number of ketones is 1. The number of ether oxygens (including phenoxy) is 1. The first kappa shape index (κ1) is 15.6. The van der Waals surface area contributed by atoms with Gasteiger partial charge in [0.1, 0.15) is 6.42 Å². The fourth-order valence-electron chi connectivity index (χ4n) is 1.41. The highest BCUT2D eigenvalue weighted by Gasteiger charge is 2.15. The molecule has 1 unspecified atom stereocenters. The summed E-state index contributed by atoms with van der Waals surface area (Å²) in [5, 5.41) is 8.69. The minimum absolute atomic E-state index is 0.120. The van der Waals surface area contributed by atoms with Crippen molar-refractivity contribution in [2.45, 2.75) is 27.2 Å². The topological polar surface area (TPSA) is 70.4 Å². The molecule has 0 aliphatic heterocycles. The van der Waals surface area contributed by atoms with Gasteiger partial charge in [-0.3, -0.25) is 14.5 Å². The SMILES string of the molecule is CCOC(=O)CC(=O)CN(CC)CC(C)C#N. The van der Waals surface area contributed by atoms with Gasteiger partial charge in [-0.05, 0) is 20.4 Å².